The number of aromatic nitrogens is 4. The number of nitrogen functional groups attached to an aromatic ring is 1. The molecule has 0 saturated heterocycles. The Labute approximate surface area is 189 Å². The molecule has 0 aliphatic carbocycles. The number of hydrogen-bond donors (Lipinski definition) is 3. The molecule has 0 bridgehead atoms. The van der Waals surface area contributed by atoms with E-state index in [0.717, 1.165) is 22.4 Å². The lowest BCUT2D eigenvalue weighted by atomic mass is 10.0. The summed E-state index contributed by atoms with van der Waals surface area (Å²) in [6.45, 7) is 0.338. The molecule has 0 fully saturated rings. The Morgan fingerprint density at radius 1 is 0.909 bits per heavy atom. The molecule has 2 aromatic heterocycles. The highest BCUT2D eigenvalue weighted by molar-refractivity contribution is 6.04. The number of amides is 1. The fourth-order valence-electron chi connectivity index (χ4n) is 3.48. The summed E-state index contributed by atoms with van der Waals surface area (Å²) in [5.74, 6) is 0.704. The maximum absolute atomic E-state index is 12.3. The van der Waals surface area contributed by atoms with Crippen molar-refractivity contribution in [2.24, 2.45) is 0 Å². The van der Waals surface area contributed by atoms with Crippen LogP contribution in [-0.2, 0) is 6.61 Å². The van der Waals surface area contributed by atoms with Gasteiger partial charge in [0.1, 0.15) is 12.4 Å². The minimum absolute atomic E-state index is 0.138. The number of H-pyrrole nitrogens is 1. The Bertz CT molecular complexity index is 1410. The van der Waals surface area contributed by atoms with Gasteiger partial charge in [-0.3, -0.25) is 4.79 Å². The van der Waals surface area contributed by atoms with Crippen LogP contribution in [0.3, 0.4) is 0 Å². The molecule has 5 rings (SSSR count). The van der Waals surface area contributed by atoms with E-state index in [1.165, 1.54) is 0 Å². The van der Waals surface area contributed by atoms with Gasteiger partial charge in [0.2, 0.25) is 5.65 Å². The minimum Gasteiger partial charge on any atom is -0.486 e. The number of pyridine rings is 1. The summed E-state index contributed by atoms with van der Waals surface area (Å²) >= 11 is 0. The molecule has 8 nitrogen and oxygen atoms in total. The molecule has 0 spiro atoms. The number of anilines is 2. The van der Waals surface area contributed by atoms with Crippen LogP contribution in [0.2, 0.25) is 0 Å². The van der Waals surface area contributed by atoms with Gasteiger partial charge in [-0.2, -0.15) is 10.3 Å². The molecule has 0 radical (unpaired) electrons. The van der Waals surface area contributed by atoms with Crippen molar-refractivity contribution in [1.29, 1.82) is 0 Å². The molecule has 0 saturated carbocycles. The van der Waals surface area contributed by atoms with Gasteiger partial charge in [-0.25, -0.2) is 4.98 Å². The lowest BCUT2D eigenvalue weighted by Crippen LogP contribution is -2.11. The number of aromatic amines is 1. The Kier molecular flexibility index (Phi) is 5.38. The summed E-state index contributed by atoms with van der Waals surface area (Å²) in [4.78, 5) is 16.5. The first-order valence-electron chi connectivity index (χ1n) is 10.3. The van der Waals surface area contributed by atoms with Crippen LogP contribution in [0.4, 0.5) is 11.5 Å². The Morgan fingerprint density at radius 3 is 2.55 bits per heavy atom. The van der Waals surface area contributed by atoms with E-state index in [-0.39, 0.29) is 5.91 Å². The van der Waals surface area contributed by atoms with Crippen LogP contribution in [0, 0.1) is 0 Å². The van der Waals surface area contributed by atoms with Crippen LogP contribution in [0.1, 0.15) is 15.9 Å². The second-order valence-electron chi connectivity index (χ2n) is 7.43. The third kappa shape index (κ3) is 4.49. The average Bonchev–Trinajstić information content (AvgIpc) is 3.32. The molecular weight excluding hydrogens is 416 g/mol. The highest BCUT2D eigenvalue weighted by Gasteiger charge is 2.10. The van der Waals surface area contributed by atoms with Gasteiger partial charge in [-0.15, -0.1) is 5.10 Å². The fourth-order valence-corrected chi connectivity index (χ4v) is 3.48. The largest absolute Gasteiger partial charge is 0.486 e. The molecule has 0 unspecified atom stereocenters. The highest BCUT2D eigenvalue weighted by Crippen LogP contribution is 2.26. The van der Waals surface area contributed by atoms with Gasteiger partial charge in [0.25, 0.3) is 5.91 Å². The van der Waals surface area contributed by atoms with Gasteiger partial charge in [-0.1, -0.05) is 48.5 Å². The number of nitrogens with zero attached hydrogens (tertiary/aromatic N) is 3. The molecule has 4 N–H and O–H groups in total. The number of nitrogens with one attached hydrogen (secondary N) is 2. The molecule has 1 amide bonds. The lowest BCUT2D eigenvalue weighted by Gasteiger charge is -2.10. The number of fused-ring (bicyclic) bond motifs is 1. The summed E-state index contributed by atoms with van der Waals surface area (Å²) in [7, 11) is 0. The number of nitrogens with two attached hydrogens (primary N) is 1. The number of carbonyl (C=O) groups excluding carboxylic acids is 1. The van der Waals surface area contributed by atoms with E-state index in [9.17, 15) is 4.79 Å². The molecule has 5 aromatic rings. The molecule has 33 heavy (non-hydrogen) atoms. The van der Waals surface area contributed by atoms with Crippen molar-refractivity contribution >= 4 is 28.6 Å². The summed E-state index contributed by atoms with van der Waals surface area (Å²) in [6.07, 6.45) is 0. The standard InChI is InChI=1S/C25H20N6O2/c26-22-14-21(23-24(28-22)30-31-29-23)33-15-16-5-4-8-19(13-16)17-9-11-20(12-10-17)27-25(32)18-6-2-1-3-7-18/h1-14H,15H2,(H,27,32)(H3,26,28,29,30,31). The van der Waals surface area contributed by atoms with Crippen molar-refractivity contribution in [1.82, 2.24) is 20.4 Å². The van der Waals surface area contributed by atoms with Crippen LogP contribution in [0.5, 0.6) is 5.75 Å². The SMILES string of the molecule is Nc1cc(OCc2cccc(-c3ccc(NC(=O)c4ccccc4)cc3)c2)c2n[nH]nc2n1. The quantitative estimate of drug-likeness (QED) is 0.362. The molecule has 3 aromatic carbocycles. The van der Waals surface area contributed by atoms with Crippen molar-refractivity contribution < 1.29 is 9.53 Å². The summed E-state index contributed by atoms with van der Waals surface area (Å²) in [5, 5.41) is 13.5. The third-order valence-electron chi connectivity index (χ3n) is 5.11. The number of rotatable bonds is 6. The number of hydrogen-bond acceptors (Lipinski definition) is 6. The second kappa shape index (κ2) is 8.80. The third-order valence-corrected chi connectivity index (χ3v) is 5.11. The van der Waals surface area contributed by atoms with Crippen molar-refractivity contribution in [3.63, 3.8) is 0 Å². The van der Waals surface area contributed by atoms with Crippen LogP contribution in [-0.4, -0.2) is 26.3 Å². The van der Waals surface area contributed by atoms with Gasteiger partial charge in [0.15, 0.2) is 11.3 Å². The normalized spacial score (nSPS) is 10.8. The molecule has 8 heteroatoms. The predicted octanol–water partition coefficient (Wildman–Crippen LogP) is 4.43. The molecule has 162 valence electrons. The van der Waals surface area contributed by atoms with Crippen LogP contribution in [0.15, 0.2) is 84.9 Å². The predicted molar refractivity (Wildman–Crippen MR) is 127 cm³/mol. The van der Waals surface area contributed by atoms with E-state index in [2.05, 4.69) is 31.8 Å². The maximum Gasteiger partial charge on any atom is 0.255 e. The van der Waals surface area contributed by atoms with Crippen molar-refractivity contribution in [3.8, 4) is 16.9 Å². The van der Waals surface area contributed by atoms with Crippen LogP contribution >= 0.6 is 0 Å². The highest BCUT2D eigenvalue weighted by atomic mass is 16.5. The first-order valence-corrected chi connectivity index (χ1v) is 10.3. The maximum atomic E-state index is 12.3. The van der Waals surface area contributed by atoms with Gasteiger partial charge in [0, 0.05) is 17.3 Å². The van der Waals surface area contributed by atoms with Gasteiger partial charge < -0.3 is 15.8 Å². The van der Waals surface area contributed by atoms with E-state index in [4.69, 9.17) is 10.5 Å². The van der Waals surface area contributed by atoms with Gasteiger partial charge >= 0.3 is 0 Å². The van der Waals surface area contributed by atoms with Gasteiger partial charge in [-0.05, 0) is 47.0 Å². The molecule has 0 atom stereocenters. The summed E-state index contributed by atoms with van der Waals surface area (Å²) in [6, 6.07) is 26.5. The van der Waals surface area contributed by atoms with Crippen LogP contribution in [0.25, 0.3) is 22.3 Å². The molecule has 2 heterocycles. The monoisotopic (exact) mass is 436 g/mol. The second-order valence-corrected chi connectivity index (χ2v) is 7.43. The van der Waals surface area contributed by atoms with E-state index in [1.54, 1.807) is 18.2 Å². The van der Waals surface area contributed by atoms with E-state index in [1.807, 2.05) is 60.7 Å². The number of ether oxygens (including phenoxy) is 1. The van der Waals surface area contributed by atoms with E-state index >= 15 is 0 Å². The Hall–Kier alpha value is -4.72. The van der Waals surface area contributed by atoms with Crippen LogP contribution < -0.4 is 15.8 Å². The Balaban J connectivity index is 1.28. The van der Waals surface area contributed by atoms with Crippen molar-refractivity contribution in [2.45, 2.75) is 6.61 Å². The average molecular weight is 436 g/mol. The number of carbonyl (C=O) groups is 1. The minimum atomic E-state index is -0.138. The van der Waals surface area contributed by atoms with Crippen molar-refractivity contribution in [2.75, 3.05) is 11.1 Å². The molecule has 0 aliphatic rings. The molecular formula is C25H20N6O2. The molecule has 0 aliphatic heterocycles. The zero-order chi connectivity index (χ0) is 22.6. The fraction of sp³-hybridized carbons (Fsp3) is 0.0400. The zero-order valence-electron chi connectivity index (χ0n) is 17.5. The van der Waals surface area contributed by atoms with Gasteiger partial charge in [0.05, 0.1) is 0 Å². The summed E-state index contributed by atoms with van der Waals surface area (Å²) in [5.41, 5.74) is 11.2. The van der Waals surface area contributed by atoms with Crippen molar-refractivity contribution in [3.05, 3.63) is 96.1 Å². The topological polar surface area (TPSA) is 119 Å². The van der Waals surface area contributed by atoms with E-state index < -0.39 is 0 Å². The smallest absolute Gasteiger partial charge is 0.255 e. The number of benzene rings is 3. The first kappa shape index (κ1) is 20.2. The summed E-state index contributed by atoms with van der Waals surface area (Å²) < 4.78 is 5.95. The zero-order valence-corrected chi connectivity index (χ0v) is 17.5. The van der Waals surface area contributed by atoms with E-state index in [0.29, 0.717) is 34.9 Å². The first-order chi connectivity index (χ1) is 16.2. The lowest BCUT2D eigenvalue weighted by molar-refractivity contribution is 0.102. The Morgan fingerprint density at radius 2 is 1.73 bits per heavy atom.